The van der Waals surface area contributed by atoms with Gasteiger partial charge in [0.2, 0.25) is 0 Å². The Balaban J connectivity index is 0.000000384. The molecule has 1 fully saturated rings. The number of esters is 2. The van der Waals surface area contributed by atoms with Gasteiger partial charge in [0.05, 0.1) is 50.8 Å². The number of nitrogens with zero attached hydrogens (tertiary/aromatic N) is 3. The fraction of sp³-hybridized carbons (Fsp3) is 0.462. The molecule has 1 aliphatic rings. The summed E-state index contributed by atoms with van der Waals surface area (Å²) in [6.07, 6.45) is -1.18. The van der Waals surface area contributed by atoms with Gasteiger partial charge < -0.3 is 38.3 Å². The van der Waals surface area contributed by atoms with Crippen LogP contribution in [0.2, 0.25) is 0 Å². The number of azide groups is 1. The zero-order chi connectivity index (χ0) is 32.8. The Bertz CT molecular complexity index is 1180. The Morgan fingerprint density at radius 1 is 0.977 bits per heavy atom. The predicted octanol–water partition coefficient (Wildman–Crippen LogP) is 5.88. The van der Waals surface area contributed by atoms with Crippen molar-refractivity contribution in [3.05, 3.63) is 70.1 Å². The molecule has 1 N–H and O–H groups in total. The number of hydrogen-bond donors (Lipinski definition) is 1. The first-order chi connectivity index (χ1) is 21.0. The number of carbonyl (C=O) groups excluding carboxylic acids is 2. The number of aliphatic hydroxyl groups excluding tert-OH is 1. The minimum atomic E-state index is -3.29. The van der Waals surface area contributed by atoms with E-state index in [9.17, 15) is 9.59 Å². The molecule has 0 radical (unpaired) electrons. The van der Waals surface area contributed by atoms with E-state index in [4.69, 9.17) is 79.5 Å². The van der Waals surface area contributed by atoms with E-state index in [1.165, 1.54) is 6.07 Å². The van der Waals surface area contributed by atoms with Crippen molar-refractivity contribution in [2.24, 2.45) is 5.11 Å². The van der Waals surface area contributed by atoms with Crippen LogP contribution in [-0.2, 0) is 23.7 Å². The maximum atomic E-state index is 11.6. The van der Waals surface area contributed by atoms with Gasteiger partial charge in [-0.1, -0.05) is 17.2 Å². The van der Waals surface area contributed by atoms with Crippen LogP contribution < -0.4 is 9.47 Å². The number of ether oxygens (including phenoxy) is 7. The van der Waals surface area contributed by atoms with Crippen LogP contribution in [0, 0.1) is 0 Å². The summed E-state index contributed by atoms with van der Waals surface area (Å²) in [7, 11) is 20.1. The standard InChI is InChI=1S/C13H17N3O5.C13H16O5.4ClH.Sn/c1-2-19-13(18)10-4-3-5-11(8-10)21-9-12(15-16-14)20-7-6-17;1-2-15-13(14)10-4-3-5-11(8-10)18-9-12-16-6-7-17-12;;;;;/h3-5,8,12,17H,2,6-7,9H2,1H3;3-5,8,12H,2,6-7,9H2,1H3;4*1H;/q;;;;;;+4/p-4. The van der Waals surface area contributed by atoms with Crippen molar-refractivity contribution in [1.82, 2.24) is 0 Å². The van der Waals surface area contributed by atoms with E-state index in [0.717, 1.165) is 0 Å². The quantitative estimate of drug-likeness (QED) is 0.0801. The van der Waals surface area contributed by atoms with Gasteiger partial charge in [-0.3, -0.25) is 0 Å². The fourth-order valence-corrected chi connectivity index (χ4v) is 3.05. The van der Waals surface area contributed by atoms with Gasteiger partial charge >= 0.3 is 61.5 Å². The topological polar surface area (TPSA) is 168 Å². The first-order valence-electron chi connectivity index (χ1n) is 13.1. The third-order valence-electron chi connectivity index (χ3n) is 4.74. The summed E-state index contributed by atoms with van der Waals surface area (Å²) in [6.45, 7) is 5.46. The second-order valence-corrected chi connectivity index (χ2v) is 33.4. The van der Waals surface area contributed by atoms with Crippen LogP contribution in [0.15, 0.2) is 53.6 Å². The molecule has 0 aliphatic carbocycles. The molecule has 3 rings (SSSR count). The summed E-state index contributed by atoms with van der Waals surface area (Å²) in [4.78, 5) is 25.7. The molecule has 13 nitrogen and oxygen atoms in total. The number of halogens is 4. The maximum absolute atomic E-state index is 11.6. The van der Waals surface area contributed by atoms with E-state index in [2.05, 4.69) is 10.0 Å². The van der Waals surface area contributed by atoms with Gasteiger partial charge in [0.1, 0.15) is 24.7 Å². The van der Waals surface area contributed by atoms with Crippen molar-refractivity contribution in [2.45, 2.75) is 26.4 Å². The Labute approximate surface area is 273 Å². The first-order valence-corrected chi connectivity index (χ1v) is 27.5. The first kappa shape index (κ1) is 40.1. The molecule has 2 aromatic carbocycles. The average molecular weight is 808 g/mol. The van der Waals surface area contributed by atoms with Crippen LogP contribution in [0.3, 0.4) is 0 Å². The molecule has 0 bridgehead atoms. The Hall–Kier alpha value is -1.91. The molecule has 1 unspecified atom stereocenters. The van der Waals surface area contributed by atoms with E-state index < -0.39 is 26.1 Å². The van der Waals surface area contributed by atoms with Crippen molar-refractivity contribution in [1.29, 1.82) is 0 Å². The molecule has 2 aromatic rings. The van der Waals surface area contributed by atoms with Gasteiger partial charge in [-0.15, -0.1) is 0 Å². The molecular weight excluding hydrogens is 775 g/mol. The van der Waals surface area contributed by atoms with Gasteiger partial charge in [0.25, 0.3) is 0 Å². The molecule has 1 aliphatic heterocycles. The molecule has 0 amide bonds. The van der Waals surface area contributed by atoms with Gasteiger partial charge in [-0.05, 0) is 55.8 Å². The summed E-state index contributed by atoms with van der Waals surface area (Å²) >= 11 is -3.29. The van der Waals surface area contributed by atoms with Crippen LogP contribution in [0.25, 0.3) is 10.4 Å². The zero-order valence-electron chi connectivity index (χ0n) is 23.9. The molecule has 0 aromatic heterocycles. The number of rotatable bonds is 14. The molecule has 18 heteroatoms. The van der Waals surface area contributed by atoms with E-state index in [1.807, 2.05) is 0 Å². The third-order valence-corrected chi connectivity index (χ3v) is 4.74. The minimum absolute atomic E-state index is 0.0314. The normalized spacial score (nSPS) is 13.2. The molecule has 1 heterocycles. The summed E-state index contributed by atoms with van der Waals surface area (Å²) in [5, 5.41) is 12.1. The molecule has 1 saturated heterocycles. The van der Waals surface area contributed by atoms with Gasteiger partial charge in [-0.2, -0.15) is 0 Å². The number of aliphatic hydroxyl groups is 1. The van der Waals surface area contributed by atoms with E-state index in [1.54, 1.807) is 56.3 Å². The van der Waals surface area contributed by atoms with Crippen LogP contribution >= 0.6 is 35.7 Å². The van der Waals surface area contributed by atoms with Crippen LogP contribution in [0.5, 0.6) is 11.5 Å². The SMILES string of the molecule is CCOC(=O)c1cccc(OCC(N=[N+]=[N-])OCCO)c1.CCOC(=O)c1cccc(OCC2OCCO2)c1.[Cl][Sn]([Cl])([Cl])[Cl]. The number of benzene rings is 2. The summed E-state index contributed by atoms with van der Waals surface area (Å²) < 4.78 is 36.3. The fourth-order valence-electron chi connectivity index (χ4n) is 3.05. The van der Waals surface area contributed by atoms with Crippen LogP contribution in [0.4, 0.5) is 0 Å². The van der Waals surface area contributed by atoms with E-state index in [-0.39, 0.29) is 38.7 Å². The Kier molecular flexibility index (Phi) is 21.4. The molecule has 0 saturated carbocycles. The Morgan fingerprint density at radius 2 is 1.48 bits per heavy atom. The second kappa shape index (κ2) is 23.4. The van der Waals surface area contributed by atoms with Crippen LogP contribution in [0.1, 0.15) is 34.6 Å². The third kappa shape index (κ3) is 19.5. The molecular formula is C26H33Cl4N3O10Sn. The van der Waals surface area contributed by atoms with Crippen LogP contribution in [-0.4, -0.2) is 96.3 Å². The zero-order valence-corrected chi connectivity index (χ0v) is 29.8. The van der Waals surface area contributed by atoms with Crippen molar-refractivity contribution in [3.8, 4) is 11.5 Å². The summed E-state index contributed by atoms with van der Waals surface area (Å²) in [6, 6.07) is 13.3. The van der Waals surface area contributed by atoms with Crippen molar-refractivity contribution in [2.75, 3.05) is 52.9 Å². The van der Waals surface area contributed by atoms with E-state index in [0.29, 0.717) is 49.1 Å². The van der Waals surface area contributed by atoms with Crippen molar-refractivity contribution < 1.29 is 47.9 Å². The molecule has 44 heavy (non-hydrogen) atoms. The molecule has 244 valence electrons. The number of hydrogen-bond acceptors (Lipinski definition) is 11. The van der Waals surface area contributed by atoms with Gasteiger partial charge in [-0.25, -0.2) is 9.59 Å². The summed E-state index contributed by atoms with van der Waals surface area (Å²) in [5.74, 6) is 0.230. The van der Waals surface area contributed by atoms with Gasteiger partial charge in [0, 0.05) is 4.91 Å². The summed E-state index contributed by atoms with van der Waals surface area (Å²) in [5.41, 5.74) is 9.25. The second-order valence-electron chi connectivity index (χ2n) is 7.97. The predicted molar refractivity (Wildman–Crippen MR) is 167 cm³/mol. The average Bonchev–Trinajstić information content (AvgIpc) is 3.51. The van der Waals surface area contributed by atoms with E-state index >= 15 is 0 Å². The molecule has 1 atom stereocenters. The number of carbonyl (C=O) groups is 2. The molecule has 0 spiro atoms. The van der Waals surface area contributed by atoms with Crippen molar-refractivity contribution >= 4 is 61.5 Å². The van der Waals surface area contributed by atoms with Crippen molar-refractivity contribution in [3.63, 3.8) is 0 Å². The van der Waals surface area contributed by atoms with Gasteiger partial charge in [0.15, 0.2) is 12.5 Å². The Morgan fingerprint density at radius 3 is 1.93 bits per heavy atom. The monoisotopic (exact) mass is 807 g/mol.